The summed E-state index contributed by atoms with van der Waals surface area (Å²) in [7, 11) is 0. The Bertz CT molecular complexity index is 800. The van der Waals surface area contributed by atoms with Crippen molar-refractivity contribution in [3.8, 4) is 0 Å². The number of hydrogen-bond donors (Lipinski definition) is 1. The summed E-state index contributed by atoms with van der Waals surface area (Å²) in [6, 6.07) is 6.34. The monoisotopic (exact) mass is 388 g/mol. The van der Waals surface area contributed by atoms with Crippen LogP contribution in [0.4, 0.5) is 4.79 Å². The molecule has 1 aromatic rings. The fourth-order valence-corrected chi connectivity index (χ4v) is 2.85. The molecule has 0 fully saturated rings. The molecule has 122 valence electrons. The molecule has 1 aromatic carbocycles. The third kappa shape index (κ3) is 3.18. The zero-order chi connectivity index (χ0) is 17.1. The van der Waals surface area contributed by atoms with Crippen molar-refractivity contribution in [3.63, 3.8) is 0 Å². The molecule has 0 radical (unpaired) electrons. The number of aliphatic imine (C=N–C) groups is 2. The van der Waals surface area contributed by atoms with Crippen LogP contribution in [0.15, 0.2) is 50.9 Å². The van der Waals surface area contributed by atoms with Gasteiger partial charge in [-0.2, -0.15) is 4.99 Å². The van der Waals surface area contributed by atoms with E-state index in [9.17, 15) is 14.4 Å². The second-order valence-corrected chi connectivity index (χ2v) is 5.97. The smallest absolute Gasteiger partial charge is 0.350 e. The van der Waals surface area contributed by atoms with Crippen LogP contribution in [0.5, 0.6) is 0 Å². The number of amides is 4. The molecule has 7 nitrogen and oxygen atoms in total. The molecule has 3 rings (SSSR count). The number of dihydropyridines is 1. The number of carbonyl (C=O) groups is 3. The van der Waals surface area contributed by atoms with E-state index in [4.69, 9.17) is 0 Å². The van der Waals surface area contributed by atoms with Gasteiger partial charge in [0.25, 0.3) is 5.91 Å². The third-order valence-corrected chi connectivity index (χ3v) is 4.28. The molecule has 2 aliphatic rings. The molecule has 1 unspecified atom stereocenters. The number of amidine groups is 1. The molecule has 0 saturated heterocycles. The predicted molar refractivity (Wildman–Crippen MR) is 92.1 cm³/mol. The van der Waals surface area contributed by atoms with E-state index in [0.717, 1.165) is 4.90 Å². The number of imide groups is 1. The van der Waals surface area contributed by atoms with Crippen molar-refractivity contribution in [2.24, 2.45) is 15.9 Å². The molecule has 0 saturated carbocycles. The Morgan fingerprint density at radius 3 is 2.88 bits per heavy atom. The van der Waals surface area contributed by atoms with E-state index < -0.39 is 11.9 Å². The van der Waals surface area contributed by atoms with Crippen LogP contribution >= 0.6 is 15.9 Å². The van der Waals surface area contributed by atoms with E-state index in [1.54, 1.807) is 30.4 Å². The van der Waals surface area contributed by atoms with Crippen LogP contribution in [-0.4, -0.2) is 47.9 Å². The molecular weight excluding hydrogens is 376 g/mol. The van der Waals surface area contributed by atoms with E-state index in [-0.39, 0.29) is 30.7 Å². The number of rotatable bonds is 4. The lowest BCUT2D eigenvalue weighted by molar-refractivity contribution is -0.129. The van der Waals surface area contributed by atoms with E-state index in [2.05, 4.69) is 31.2 Å². The maximum absolute atomic E-state index is 12.3. The highest BCUT2D eigenvalue weighted by atomic mass is 79.9. The summed E-state index contributed by atoms with van der Waals surface area (Å²) in [4.78, 5) is 45.2. The minimum atomic E-state index is -0.658. The molecule has 24 heavy (non-hydrogen) atoms. The van der Waals surface area contributed by atoms with E-state index >= 15 is 0 Å². The van der Waals surface area contributed by atoms with Gasteiger partial charge in [-0.1, -0.05) is 18.2 Å². The van der Waals surface area contributed by atoms with Gasteiger partial charge < -0.3 is 5.32 Å². The minimum Gasteiger partial charge on any atom is -0.350 e. The number of nitrogens with zero attached hydrogens (tertiary/aromatic N) is 3. The van der Waals surface area contributed by atoms with Gasteiger partial charge >= 0.3 is 6.03 Å². The number of nitrogens with one attached hydrogen (secondary N) is 1. The van der Waals surface area contributed by atoms with Gasteiger partial charge in [0.15, 0.2) is 0 Å². The van der Waals surface area contributed by atoms with Crippen LogP contribution in [0.1, 0.15) is 10.4 Å². The first kappa shape index (κ1) is 16.3. The summed E-state index contributed by atoms with van der Waals surface area (Å²) in [5.41, 5.74) is 0.485. The highest BCUT2D eigenvalue weighted by Crippen LogP contribution is 2.18. The maximum atomic E-state index is 12.3. The highest BCUT2D eigenvalue weighted by Gasteiger charge is 2.36. The topological polar surface area (TPSA) is 91.2 Å². The molecule has 0 aliphatic carbocycles. The van der Waals surface area contributed by atoms with Gasteiger partial charge in [0.2, 0.25) is 5.91 Å². The van der Waals surface area contributed by atoms with Crippen molar-refractivity contribution < 1.29 is 14.4 Å². The summed E-state index contributed by atoms with van der Waals surface area (Å²) in [5.74, 6) is -1.09. The van der Waals surface area contributed by atoms with Gasteiger partial charge in [-0.05, 0) is 34.1 Å². The van der Waals surface area contributed by atoms with Crippen LogP contribution in [0.3, 0.4) is 0 Å². The number of halogens is 1. The predicted octanol–water partition coefficient (Wildman–Crippen LogP) is 1.80. The SMILES string of the molecule is O=C(NCCN1C(=O)N=C2N=CC=CC2C1=O)c1ccccc1Br. The Balaban J connectivity index is 1.62. The van der Waals surface area contributed by atoms with Crippen LogP contribution in [0.25, 0.3) is 0 Å². The standard InChI is InChI=1S/C16H13BrN4O3/c17-12-6-2-1-4-10(12)14(22)19-8-9-21-15(23)11-5-3-7-18-13(11)20-16(21)24/h1-7,11H,8-9H2,(H,19,22). The average molecular weight is 389 g/mol. The molecule has 4 amide bonds. The van der Waals surface area contributed by atoms with Gasteiger partial charge in [-0.15, -0.1) is 0 Å². The van der Waals surface area contributed by atoms with Crippen molar-refractivity contribution in [2.75, 3.05) is 13.1 Å². The van der Waals surface area contributed by atoms with Gasteiger partial charge in [0, 0.05) is 23.8 Å². The molecule has 0 bridgehead atoms. The van der Waals surface area contributed by atoms with Crippen molar-refractivity contribution in [3.05, 3.63) is 46.5 Å². The molecule has 0 spiro atoms. The summed E-state index contributed by atoms with van der Waals surface area (Å²) in [6.45, 7) is 0.195. The Morgan fingerprint density at radius 2 is 2.08 bits per heavy atom. The van der Waals surface area contributed by atoms with Crippen molar-refractivity contribution in [1.29, 1.82) is 0 Å². The van der Waals surface area contributed by atoms with Gasteiger partial charge in [-0.25, -0.2) is 9.79 Å². The highest BCUT2D eigenvalue weighted by molar-refractivity contribution is 9.10. The summed E-state index contributed by atoms with van der Waals surface area (Å²) in [6.07, 6.45) is 4.78. The lowest BCUT2D eigenvalue weighted by atomic mass is 10.0. The lowest BCUT2D eigenvalue weighted by Gasteiger charge is -2.27. The molecule has 1 N–H and O–H groups in total. The van der Waals surface area contributed by atoms with Crippen molar-refractivity contribution >= 4 is 45.8 Å². The Kier molecular flexibility index (Phi) is 4.66. The van der Waals surface area contributed by atoms with Crippen molar-refractivity contribution in [2.45, 2.75) is 0 Å². The Hall–Kier alpha value is -2.61. The summed E-state index contributed by atoms with van der Waals surface area (Å²) < 4.78 is 0.673. The van der Waals surface area contributed by atoms with E-state index in [1.165, 1.54) is 6.21 Å². The summed E-state index contributed by atoms with van der Waals surface area (Å²) >= 11 is 3.30. The molecule has 1 atom stereocenters. The fraction of sp³-hybridized carbons (Fsp3) is 0.188. The number of benzene rings is 1. The lowest BCUT2D eigenvalue weighted by Crippen LogP contribution is -2.48. The number of carbonyl (C=O) groups excluding carboxylic acids is 3. The number of urea groups is 1. The second-order valence-electron chi connectivity index (χ2n) is 5.12. The first-order chi connectivity index (χ1) is 11.6. The molecule has 0 aromatic heterocycles. The zero-order valence-corrected chi connectivity index (χ0v) is 14.1. The Morgan fingerprint density at radius 1 is 1.29 bits per heavy atom. The molecule has 2 heterocycles. The van der Waals surface area contributed by atoms with Gasteiger partial charge in [-0.3, -0.25) is 14.5 Å². The maximum Gasteiger partial charge on any atom is 0.352 e. The third-order valence-electron chi connectivity index (χ3n) is 3.59. The first-order valence-electron chi connectivity index (χ1n) is 7.25. The first-order valence-corrected chi connectivity index (χ1v) is 8.05. The van der Waals surface area contributed by atoms with Crippen LogP contribution in [0, 0.1) is 5.92 Å². The second kappa shape index (κ2) is 6.88. The van der Waals surface area contributed by atoms with Gasteiger partial charge in [0.1, 0.15) is 11.8 Å². The quantitative estimate of drug-likeness (QED) is 0.852. The molecule has 2 aliphatic heterocycles. The fourth-order valence-electron chi connectivity index (χ4n) is 2.39. The van der Waals surface area contributed by atoms with Gasteiger partial charge in [0.05, 0.1) is 5.56 Å². The largest absolute Gasteiger partial charge is 0.352 e. The summed E-state index contributed by atoms with van der Waals surface area (Å²) in [5, 5.41) is 2.69. The van der Waals surface area contributed by atoms with Crippen LogP contribution in [-0.2, 0) is 4.79 Å². The zero-order valence-electron chi connectivity index (χ0n) is 12.5. The van der Waals surface area contributed by atoms with E-state index in [0.29, 0.717) is 10.0 Å². The van der Waals surface area contributed by atoms with Crippen molar-refractivity contribution in [1.82, 2.24) is 10.2 Å². The van der Waals surface area contributed by atoms with Crippen LogP contribution in [0.2, 0.25) is 0 Å². The average Bonchev–Trinajstić information content (AvgIpc) is 2.58. The minimum absolute atomic E-state index is 0.0543. The normalized spacial score (nSPS) is 19.1. The number of fused-ring (bicyclic) bond motifs is 1. The Labute approximate surface area is 146 Å². The number of allylic oxidation sites excluding steroid dienone is 1. The number of hydrogen-bond acceptors (Lipinski definition) is 4. The molecule has 8 heteroatoms. The van der Waals surface area contributed by atoms with E-state index in [1.807, 2.05) is 6.07 Å². The molecular formula is C16H13BrN4O3. The van der Waals surface area contributed by atoms with Crippen LogP contribution < -0.4 is 5.32 Å².